The normalized spacial score (nSPS) is 15.4. The van der Waals surface area contributed by atoms with Crippen LogP contribution in [0.3, 0.4) is 0 Å². The number of rotatable bonds is 10. The topological polar surface area (TPSA) is 40.5 Å². The van der Waals surface area contributed by atoms with E-state index in [-0.39, 0.29) is 5.92 Å². The van der Waals surface area contributed by atoms with E-state index in [9.17, 15) is 10.2 Å². The van der Waals surface area contributed by atoms with Crippen LogP contribution in [0.1, 0.15) is 72.1 Å². The molecule has 0 bridgehead atoms. The second-order valence-electron chi connectivity index (χ2n) is 4.84. The zero-order chi connectivity index (χ0) is 12.4. The molecule has 0 aromatic carbocycles. The number of hydrogen-bond acceptors (Lipinski definition) is 2. The highest BCUT2D eigenvalue weighted by atomic mass is 16.3. The summed E-state index contributed by atoms with van der Waals surface area (Å²) in [4.78, 5) is 0. The van der Waals surface area contributed by atoms with Crippen molar-refractivity contribution in [1.29, 1.82) is 0 Å². The molecule has 0 aliphatic heterocycles. The van der Waals surface area contributed by atoms with Gasteiger partial charge in [0.15, 0.2) is 0 Å². The van der Waals surface area contributed by atoms with E-state index in [1.165, 1.54) is 25.7 Å². The van der Waals surface area contributed by atoms with Crippen molar-refractivity contribution in [1.82, 2.24) is 0 Å². The molecule has 0 saturated carbocycles. The standard InChI is InChI=1S/C14H30O2/c1-4-7-8-9-10-11-13(15)14(16)12(5-2)6-3/h12-16H,4-11H2,1-3H3. The van der Waals surface area contributed by atoms with Gasteiger partial charge in [-0.1, -0.05) is 65.7 Å². The van der Waals surface area contributed by atoms with Crippen molar-refractivity contribution in [2.75, 3.05) is 0 Å². The maximum atomic E-state index is 9.93. The lowest BCUT2D eigenvalue weighted by Crippen LogP contribution is -2.32. The van der Waals surface area contributed by atoms with Crippen molar-refractivity contribution in [2.45, 2.75) is 84.3 Å². The minimum Gasteiger partial charge on any atom is -0.390 e. The number of aliphatic hydroxyl groups excluding tert-OH is 2. The molecular formula is C14H30O2. The largest absolute Gasteiger partial charge is 0.390 e. The fraction of sp³-hybridized carbons (Fsp3) is 1.00. The van der Waals surface area contributed by atoms with Gasteiger partial charge in [0.25, 0.3) is 0 Å². The van der Waals surface area contributed by atoms with Gasteiger partial charge < -0.3 is 10.2 Å². The van der Waals surface area contributed by atoms with Gasteiger partial charge in [-0.3, -0.25) is 0 Å². The fourth-order valence-corrected chi connectivity index (χ4v) is 2.21. The Bertz CT molecular complexity index is 144. The first kappa shape index (κ1) is 15.9. The Labute approximate surface area is 101 Å². The number of unbranched alkanes of at least 4 members (excludes halogenated alkanes) is 4. The molecule has 16 heavy (non-hydrogen) atoms. The molecular weight excluding hydrogens is 200 g/mol. The third-order valence-electron chi connectivity index (χ3n) is 3.53. The molecule has 0 aliphatic carbocycles. The van der Waals surface area contributed by atoms with Crippen molar-refractivity contribution in [2.24, 2.45) is 5.92 Å². The molecule has 0 spiro atoms. The molecule has 0 fully saturated rings. The average Bonchev–Trinajstić information content (AvgIpc) is 2.30. The van der Waals surface area contributed by atoms with Crippen molar-refractivity contribution in [3.05, 3.63) is 0 Å². The van der Waals surface area contributed by atoms with Crippen LogP contribution >= 0.6 is 0 Å². The first-order valence-electron chi connectivity index (χ1n) is 7.03. The van der Waals surface area contributed by atoms with E-state index in [0.29, 0.717) is 0 Å². The van der Waals surface area contributed by atoms with Crippen LogP contribution in [0.2, 0.25) is 0 Å². The molecule has 2 heteroatoms. The molecule has 0 aromatic heterocycles. The molecule has 0 rings (SSSR count). The van der Waals surface area contributed by atoms with Crippen LogP contribution in [0.25, 0.3) is 0 Å². The van der Waals surface area contributed by atoms with Crippen LogP contribution < -0.4 is 0 Å². The number of aliphatic hydroxyl groups is 2. The van der Waals surface area contributed by atoms with Gasteiger partial charge in [-0.15, -0.1) is 0 Å². The predicted octanol–water partition coefficient (Wildman–Crippen LogP) is 3.50. The highest BCUT2D eigenvalue weighted by Gasteiger charge is 2.22. The molecule has 2 nitrogen and oxygen atoms in total. The second kappa shape index (κ2) is 10.1. The van der Waals surface area contributed by atoms with Gasteiger partial charge in [0.2, 0.25) is 0 Å². The second-order valence-corrected chi connectivity index (χ2v) is 4.84. The van der Waals surface area contributed by atoms with Crippen molar-refractivity contribution in [3.63, 3.8) is 0 Å². The summed E-state index contributed by atoms with van der Waals surface area (Å²) >= 11 is 0. The molecule has 2 N–H and O–H groups in total. The monoisotopic (exact) mass is 230 g/mol. The van der Waals surface area contributed by atoms with E-state index in [1.807, 2.05) is 0 Å². The SMILES string of the molecule is CCCCCCCC(O)C(O)C(CC)CC. The molecule has 0 saturated heterocycles. The van der Waals surface area contributed by atoms with E-state index < -0.39 is 12.2 Å². The van der Waals surface area contributed by atoms with Crippen molar-refractivity contribution in [3.8, 4) is 0 Å². The lowest BCUT2D eigenvalue weighted by atomic mass is 9.90. The van der Waals surface area contributed by atoms with Crippen LogP contribution in [0.4, 0.5) is 0 Å². The zero-order valence-corrected chi connectivity index (χ0v) is 11.3. The van der Waals surface area contributed by atoms with Gasteiger partial charge in [-0.05, 0) is 12.3 Å². The van der Waals surface area contributed by atoms with Gasteiger partial charge in [-0.25, -0.2) is 0 Å². The van der Waals surface area contributed by atoms with E-state index in [0.717, 1.165) is 25.7 Å². The highest BCUT2D eigenvalue weighted by molar-refractivity contribution is 4.74. The van der Waals surface area contributed by atoms with Gasteiger partial charge in [-0.2, -0.15) is 0 Å². The summed E-state index contributed by atoms with van der Waals surface area (Å²) < 4.78 is 0. The van der Waals surface area contributed by atoms with Crippen molar-refractivity contribution >= 4 is 0 Å². The van der Waals surface area contributed by atoms with E-state index in [1.54, 1.807) is 0 Å². The summed E-state index contributed by atoms with van der Waals surface area (Å²) in [6.45, 7) is 6.35. The minimum atomic E-state index is -0.527. The fourth-order valence-electron chi connectivity index (χ4n) is 2.21. The van der Waals surface area contributed by atoms with Crippen LogP contribution in [0.5, 0.6) is 0 Å². The Morgan fingerprint density at radius 1 is 0.812 bits per heavy atom. The predicted molar refractivity (Wildman–Crippen MR) is 69.5 cm³/mol. The van der Waals surface area contributed by atoms with Gasteiger partial charge in [0.05, 0.1) is 12.2 Å². The highest BCUT2D eigenvalue weighted by Crippen LogP contribution is 2.19. The molecule has 98 valence electrons. The Kier molecular flexibility index (Phi) is 10.0. The maximum absolute atomic E-state index is 9.93. The van der Waals surface area contributed by atoms with Crippen LogP contribution in [0, 0.1) is 5.92 Å². The smallest absolute Gasteiger partial charge is 0.0826 e. The molecule has 2 unspecified atom stereocenters. The Balaban J connectivity index is 3.65. The van der Waals surface area contributed by atoms with E-state index >= 15 is 0 Å². The van der Waals surface area contributed by atoms with Crippen LogP contribution in [-0.4, -0.2) is 22.4 Å². The summed E-state index contributed by atoms with van der Waals surface area (Å²) in [5.41, 5.74) is 0. The Morgan fingerprint density at radius 3 is 1.88 bits per heavy atom. The molecule has 0 amide bonds. The molecule has 2 atom stereocenters. The van der Waals surface area contributed by atoms with Crippen LogP contribution in [-0.2, 0) is 0 Å². The molecule has 0 radical (unpaired) electrons. The van der Waals surface area contributed by atoms with Gasteiger partial charge >= 0.3 is 0 Å². The third kappa shape index (κ3) is 6.49. The summed E-state index contributed by atoms with van der Waals surface area (Å²) in [6.07, 6.45) is 7.61. The first-order chi connectivity index (χ1) is 7.67. The lowest BCUT2D eigenvalue weighted by Gasteiger charge is -2.25. The van der Waals surface area contributed by atoms with E-state index in [2.05, 4.69) is 20.8 Å². The zero-order valence-electron chi connectivity index (χ0n) is 11.3. The minimum absolute atomic E-state index is 0.255. The van der Waals surface area contributed by atoms with Gasteiger partial charge in [0.1, 0.15) is 0 Å². The van der Waals surface area contributed by atoms with Crippen LogP contribution in [0.15, 0.2) is 0 Å². The number of hydrogen-bond donors (Lipinski definition) is 2. The molecule has 0 heterocycles. The summed E-state index contributed by atoms with van der Waals surface area (Å²) in [5.74, 6) is 0.255. The summed E-state index contributed by atoms with van der Waals surface area (Å²) in [5, 5.41) is 19.8. The van der Waals surface area contributed by atoms with Gasteiger partial charge in [0, 0.05) is 0 Å². The average molecular weight is 230 g/mol. The first-order valence-corrected chi connectivity index (χ1v) is 7.03. The third-order valence-corrected chi connectivity index (χ3v) is 3.53. The van der Waals surface area contributed by atoms with Crippen molar-refractivity contribution < 1.29 is 10.2 Å². The lowest BCUT2D eigenvalue weighted by molar-refractivity contribution is -0.0242. The Morgan fingerprint density at radius 2 is 1.38 bits per heavy atom. The Hall–Kier alpha value is -0.0800. The van der Waals surface area contributed by atoms with E-state index in [4.69, 9.17) is 0 Å². The molecule has 0 aromatic rings. The summed E-state index contributed by atoms with van der Waals surface area (Å²) in [7, 11) is 0. The maximum Gasteiger partial charge on any atom is 0.0826 e. The quantitative estimate of drug-likeness (QED) is 0.564. The summed E-state index contributed by atoms with van der Waals surface area (Å²) in [6, 6.07) is 0. The molecule has 0 aliphatic rings.